The number of halogens is 1. The molecule has 7 rings (SSSR count). The van der Waals surface area contributed by atoms with Crippen LogP contribution in [0.2, 0.25) is 0 Å². The first-order chi connectivity index (χ1) is 24.3. The van der Waals surface area contributed by atoms with Crippen molar-refractivity contribution in [2.75, 3.05) is 29.4 Å². The third-order valence-corrected chi connectivity index (χ3v) is 10.9. The fourth-order valence-electron chi connectivity index (χ4n) is 5.71. The Morgan fingerprint density at radius 1 is 0.784 bits per heavy atom. The molecule has 1 amide bonds. The number of nitrogens with one attached hydrogen (secondary N) is 2. The second-order valence-electron chi connectivity index (χ2n) is 11.7. The number of sulfonamides is 2. The van der Waals surface area contributed by atoms with Crippen molar-refractivity contribution in [1.29, 1.82) is 0 Å². The summed E-state index contributed by atoms with van der Waals surface area (Å²) in [5, 5.41) is 3.04. The minimum atomic E-state index is -3.83. The van der Waals surface area contributed by atoms with Crippen LogP contribution in [-0.2, 0) is 20.0 Å². The molecule has 0 spiro atoms. The van der Waals surface area contributed by atoms with Crippen LogP contribution in [0.5, 0.6) is 0 Å². The normalized spacial score (nSPS) is 11.9. The first kappa shape index (κ1) is 33.5. The number of anilines is 2. The van der Waals surface area contributed by atoms with Crippen LogP contribution < -0.4 is 14.3 Å². The van der Waals surface area contributed by atoms with Gasteiger partial charge in [-0.2, -0.15) is 0 Å². The van der Waals surface area contributed by atoms with Crippen molar-refractivity contribution >= 4 is 59.4 Å². The number of carbonyl (C=O) groups excluding carboxylic acids is 1. The summed E-state index contributed by atoms with van der Waals surface area (Å²) in [4.78, 5) is 18.0. The van der Waals surface area contributed by atoms with Gasteiger partial charge in [0.05, 0.1) is 28.1 Å². The van der Waals surface area contributed by atoms with Crippen molar-refractivity contribution in [3.63, 3.8) is 0 Å². The summed E-state index contributed by atoms with van der Waals surface area (Å²) in [6.07, 6.45) is 1.08. The highest BCUT2D eigenvalue weighted by Crippen LogP contribution is 2.42. The molecule has 0 aliphatic rings. The standard InChI is InChI=1S/C37H29FN4O7S2/c1-39-36(43)34-29-20-28(31(42(2)50(3,44)45)21-33(29)48-35(34)22-12-14-25(38)15-13-22)23-8-7-9-24(18-23)37-40-30-19-26(16-17-32(30)49-37)41-51(46,47)27-10-5-4-6-11-27/h4-21,41H,1-3H3,(H,39,43). The van der Waals surface area contributed by atoms with Crippen LogP contribution >= 0.6 is 0 Å². The van der Waals surface area contributed by atoms with Crippen LogP contribution in [0.3, 0.4) is 0 Å². The molecular weight excluding hydrogens is 696 g/mol. The predicted molar refractivity (Wildman–Crippen MR) is 194 cm³/mol. The maximum atomic E-state index is 13.8. The van der Waals surface area contributed by atoms with Crippen molar-refractivity contribution in [3.8, 4) is 33.9 Å². The highest BCUT2D eigenvalue weighted by molar-refractivity contribution is 7.92. The molecule has 2 heterocycles. The highest BCUT2D eigenvalue weighted by atomic mass is 32.2. The van der Waals surface area contributed by atoms with Gasteiger partial charge >= 0.3 is 0 Å². The maximum Gasteiger partial charge on any atom is 0.261 e. The third-order valence-electron chi connectivity index (χ3n) is 8.32. The van der Waals surface area contributed by atoms with Crippen LogP contribution in [0.15, 0.2) is 123 Å². The van der Waals surface area contributed by atoms with E-state index in [9.17, 15) is 26.0 Å². The highest BCUT2D eigenvalue weighted by Gasteiger charge is 2.26. The third kappa shape index (κ3) is 6.42. The molecule has 0 atom stereocenters. The van der Waals surface area contributed by atoms with E-state index in [2.05, 4.69) is 15.0 Å². The molecule has 0 aliphatic heterocycles. The lowest BCUT2D eigenvalue weighted by Crippen LogP contribution is -2.25. The summed E-state index contributed by atoms with van der Waals surface area (Å²) in [7, 11) is -4.70. The Hall–Kier alpha value is -5.99. The van der Waals surface area contributed by atoms with E-state index in [4.69, 9.17) is 8.83 Å². The molecule has 0 aliphatic carbocycles. The number of carbonyl (C=O) groups is 1. The summed E-state index contributed by atoms with van der Waals surface area (Å²) in [6, 6.07) is 28.6. The van der Waals surface area contributed by atoms with E-state index in [1.807, 2.05) is 0 Å². The zero-order chi connectivity index (χ0) is 36.1. The Bertz CT molecular complexity index is 2690. The number of hydrogen-bond acceptors (Lipinski definition) is 8. The smallest absolute Gasteiger partial charge is 0.261 e. The van der Waals surface area contributed by atoms with E-state index < -0.39 is 31.8 Å². The largest absolute Gasteiger partial charge is 0.455 e. The average molecular weight is 725 g/mol. The summed E-state index contributed by atoms with van der Waals surface area (Å²) < 4.78 is 81.1. The van der Waals surface area contributed by atoms with Crippen molar-refractivity contribution in [1.82, 2.24) is 10.3 Å². The van der Waals surface area contributed by atoms with Crippen LogP contribution in [0.25, 0.3) is 56.0 Å². The lowest BCUT2D eigenvalue weighted by Gasteiger charge is -2.21. The van der Waals surface area contributed by atoms with Gasteiger partial charge in [0, 0.05) is 42.2 Å². The van der Waals surface area contributed by atoms with E-state index >= 15 is 0 Å². The van der Waals surface area contributed by atoms with E-state index in [0.717, 1.165) is 10.6 Å². The van der Waals surface area contributed by atoms with Gasteiger partial charge in [-0.15, -0.1) is 0 Å². The monoisotopic (exact) mass is 724 g/mol. The quantitative estimate of drug-likeness (QED) is 0.158. The van der Waals surface area contributed by atoms with Crippen molar-refractivity contribution < 1.29 is 34.9 Å². The van der Waals surface area contributed by atoms with Crippen LogP contribution in [0.4, 0.5) is 15.8 Å². The van der Waals surface area contributed by atoms with Crippen molar-refractivity contribution in [2.45, 2.75) is 4.90 Å². The predicted octanol–water partition coefficient (Wildman–Crippen LogP) is 7.27. The molecule has 5 aromatic carbocycles. The lowest BCUT2D eigenvalue weighted by atomic mass is 9.97. The molecule has 2 N–H and O–H groups in total. The van der Waals surface area contributed by atoms with Gasteiger partial charge < -0.3 is 14.2 Å². The number of benzene rings is 5. The fraction of sp³-hybridized carbons (Fsp3) is 0.0811. The van der Waals surface area contributed by atoms with E-state index in [1.165, 1.54) is 50.5 Å². The van der Waals surface area contributed by atoms with Gasteiger partial charge in [0.2, 0.25) is 15.9 Å². The lowest BCUT2D eigenvalue weighted by molar-refractivity contribution is 0.0964. The number of hydrogen-bond donors (Lipinski definition) is 2. The summed E-state index contributed by atoms with van der Waals surface area (Å²) in [5.74, 6) is -0.474. The number of oxazole rings is 1. The number of nitrogens with zero attached hydrogens (tertiary/aromatic N) is 2. The molecule has 258 valence electrons. The molecule has 14 heteroatoms. The molecule has 0 saturated heterocycles. The molecule has 2 aromatic heterocycles. The van der Waals surface area contributed by atoms with E-state index in [0.29, 0.717) is 44.4 Å². The Balaban J connectivity index is 1.34. The van der Waals surface area contributed by atoms with Crippen LogP contribution in [-0.4, -0.2) is 48.1 Å². The Morgan fingerprint density at radius 3 is 2.22 bits per heavy atom. The number of fused-ring (bicyclic) bond motifs is 2. The van der Waals surface area contributed by atoms with Gasteiger partial charge in [-0.05, 0) is 78.4 Å². The topological polar surface area (TPSA) is 152 Å². The Morgan fingerprint density at radius 2 is 1.51 bits per heavy atom. The minimum absolute atomic E-state index is 0.117. The van der Waals surface area contributed by atoms with Gasteiger partial charge in [0.1, 0.15) is 22.7 Å². The summed E-state index contributed by atoms with van der Waals surface area (Å²) >= 11 is 0. The van der Waals surface area contributed by atoms with Crippen molar-refractivity contribution in [3.05, 3.63) is 121 Å². The molecule has 0 unspecified atom stereocenters. The number of aromatic nitrogens is 1. The average Bonchev–Trinajstić information content (AvgIpc) is 3.72. The van der Waals surface area contributed by atoms with Gasteiger partial charge in [0.15, 0.2) is 5.58 Å². The molecular formula is C37H29FN4O7S2. The molecule has 0 saturated carbocycles. The molecule has 7 aromatic rings. The Labute approximate surface area is 292 Å². The first-order valence-corrected chi connectivity index (χ1v) is 18.8. The number of rotatable bonds is 9. The second kappa shape index (κ2) is 12.7. The van der Waals surface area contributed by atoms with E-state index in [1.54, 1.807) is 72.8 Å². The molecule has 0 bridgehead atoms. The fourth-order valence-corrected chi connectivity index (χ4v) is 7.28. The number of amides is 1. The van der Waals surface area contributed by atoms with Gasteiger partial charge in [-0.3, -0.25) is 13.8 Å². The van der Waals surface area contributed by atoms with E-state index in [-0.39, 0.29) is 33.4 Å². The SMILES string of the molecule is CNC(=O)c1c(-c2ccc(F)cc2)oc2cc(N(C)S(C)(=O)=O)c(-c3cccc(-c4nc5cc(NS(=O)(=O)c6ccccc6)ccc5o4)c3)cc12. The Kier molecular flexibility index (Phi) is 8.35. The molecule has 0 radical (unpaired) electrons. The summed E-state index contributed by atoms with van der Waals surface area (Å²) in [6.45, 7) is 0. The van der Waals surface area contributed by atoms with Crippen LogP contribution in [0.1, 0.15) is 10.4 Å². The molecule has 0 fully saturated rings. The summed E-state index contributed by atoms with van der Waals surface area (Å²) in [5.41, 5.74) is 3.89. The van der Waals surface area contributed by atoms with Gasteiger partial charge in [-0.25, -0.2) is 26.2 Å². The van der Waals surface area contributed by atoms with Gasteiger partial charge in [-0.1, -0.05) is 30.3 Å². The molecule has 51 heavy (non-hydrogen) atoms. The zero-order valence-corrected chi connectivity index (χ0v) is 29.0. The maximum absolute atomic E-state index is 13.8. The first-order valence-electron chi connectivity index (χ1n) is 15.4. The van der Waals surface area contributed by atoms with Gasteiger partial charge in [0.25, 0.3) is 15.9 Å². The second-order valence-corrected chi connectivity index (χ2v) is 15.4. The van der Waals surface area contributed by atoms with Crippen LogP contribution in [0, 0.1) is 5.82 Å². The molecule has 11 nitrogen and oxygen atoms in total. The van der Waals surface area contributed by atoms with Crippen molar-refractivity contribution in [2.24, 2.45) is 0 Å². The zero-order valence-electron chi connectivity index (χ0n) is 27.3. The number of furan rings is 1. The minimum Gasteiger partial charge on any atom is -0.455 e.